The topological polar surface area (TPSA) is 41.0 Å². The number of hydrogen-bond acceptors (Lipinski definition) is 4. The van der Waals surface area contributed by atoms with E-state index in [0.29, 0.717) is 0 Å². The summed E-state index contributed by atoms with van der Waals surface area (Å²) in [6.07, 6.45) is 5.03. The number of aromatic nitrogens is 2. The molecule has 17 heavy (non-hydrogen) atoms. The standard InChI is InChI=1S/C13H24N4/c1-4-7-14-12-10-13(16-11-15-12)17(8-5-2)9-6-3/h10-11H,4-9H2,1-3H3,(H,14,15,16). The highest BCUT2D eigenvalue weighted by atomic mass is 15.2. The first-order valence-electron chi connectivity index (χ1n) is 6.62. The first-order valence-corrected chi connectivity index (χ1v) is 6.62. The quantitative estimate of drug-likeness (QED) is 0.753. The molecule has 0 amide bonds. The van der Waals surface area contributed by atoms with Crippen LogP contribution in [0.5, 0.6) is 0 Å². The van der Waals surface area contributed by atoms with Crippen molar-refractivity contribution in [1.82, 2.24) is 9.97 Å². The van der Waals surface area contributed by atoms with Crippen molar-refractivity contribution in [3.05, 3.63) is 12.4 Å². The van der Waals surface area contributed by atoms with Crippen molar-refractivity contribution in [3.63, 3.8) is 0 Å². The minimum Gasteiger partial charge on any atom is -0.370 e. The van der Waals surface area contributed by atoms with Gasteiger partial charge in [-0.2, -0.15) is 0 Å². The SMILES string of the molecule is CCCNc1cc(N(CCC)CCC)ncn1. The lowest BCUT2D eigenvalue weighted by molar-refractivity contribution is 0.732. The molecule has 0 spiro atoms. The van der Waals surface area contributed by atoms with Crippen molar-refractivity contribution in [2.75, 3.05) is 29.9 Å². The van der Waals surface area contributed by atoms with Crippen LogP contribution in [0.3, 0.4) is 0 Å². The number of hydrogen-bond donors (Lipinski definition) is 1. The fourth-order valence-corrected chi connectivity index (χ4v) is 1.75. The zero-order valence-corrected chi connectivity index (χ0v) is 11.2. The molecule has 0 saturated heterocycles. The predicted octanol–water partition coefficient (Wildman–Crippen LogP) is 2.92. The summed E-state index contributed by atoms with van der Waals surface area (Å²) in [6.45, 7) is 9.60. The Morgan fingerprint density at radius 2 is 1.76 bits per heavy atom. The van der Waals surface area contributed by atoms with Gasteiger partial charge in [0.2, 0.25) is 0 Å². The summed E-state index contributed by atoms with van der Waals surface area (Å²) in [5, 5.41) is 3.30. The van der Waals surface area contributed by atoms with E-state index in [1.54, 1.807) is 6.33 Å². The Morgan fingerprint density at radius 1 is 1.06 bits per heavy atom. The fraction of sp³-hybridized carbons (Fsp3) is 0.692. The average molecular weight is 236 g/mol. The van der Waals surface area contributed by atoms with Crippen molar-refractivity contribution in [2.45, 2.75) is 40.0 Å². The maximum atomic E-state index is 4.36. The zero-order valence-electron chi connectivity index (χ0n) is 11.2. The third kappa shape index (κ3) is 4.59. The van der Waals surface area contributed by atoms with Crippen LogP contribution in [-0.4, -0.2) is 29.6 Å². The second-order valence-corrected chi connectivity index (χ2v) is 4.18. The highest BCUT2D eigenvalue weighted by Crippen LogP contribution is 2.14. The van der Waals surface area contributed by atoms with Crippen molar-refractivity contribution < 1.29 is 0 Å². The lowest BCUT2D eigenvalue weighted by Gasteiger charge is -2.22. The molecule has 0 saturated carbocycles. The molecule has 0 aliphatic heterocycles. The van der Waals surface area contributed by atoms with E-state index >= 15 is 0 Å². The van der Waals surface area contributed by atoms with Crippen LogP contribution in [0.4, 0.5) is 11.6 Å². The van der Waals surface area contributed by atoms with Crippen LogP contribution in [0, 0.1) is 0 Å². The summed E-state index contributed by atoms with van der Waals surface area (Å²) in [4.78, 5) is 10.9. The van der Waals surface area contributed by atoms with Crippen molar-refractivity contribution in [1.29, 1.82) is 0 Å². The summed E-state index contributed by atoms with van der Waals surface area (Å²) in [5.74, 6) is 1.95. The molecule has 0 radical (unpaired) electrons. The Kier molecular flexibility index (Phi) is 6.37. The lowest BCUT2D eigenvalue weighted by atomic mass is 10.3. The summed E-state index contributed by atoms with van der Waals surface area (Å²) in [6, 6.07) is 2.04. The minimum absolute atomic E-state index is 0.925. The molecule has 0 bridgehead atoms. The fourth-order valence-electron chi connectivity index (χ4n) is 1.75. The van der Waals surface area contributed by atoms with E-state index in [-0.39, 0.29) is 0 Å². The molecule has 1 aromatic rings. The molecule has 4 heteroatoms. The highest BCUT2D eigenvalue weighted by Gasteiger charge is 2.06. The van der Waals surface area contributed by atoms with E-state index in [2.05, 4.69) is 41.0 Å². The molecular formula is C13H24N4. The molecule has 1 rings (SSSR count). The van der Waals surface area contributed by atoms with Gasteiger partial charge in [0.1, 0.15) is 18.0 Å². The van der Waals surface area contributed by atoms with Crippen molar-refractivity contribution in [2.24, 2.45) is 0 Å². The number of anilines is 2. The van der Waals surface area contributed by atoms with Gasteiger partial charge in [-0.25, -0.2) is 9.97 Å². The first-order chi connectivity index (χ1) is 8.31. The number of nitrogens with one attached hydrogen (secondary N) is 1. The maximum Gasteiger partial charge on any atom is 0.134 e. The van der Waals surface area contributed by atoms with E-state index in [4.69, 9.17) is 0 Å². The van der Waals surface area contributed by atoms with Gasteiger partial charge in [0.05, 0.1) is 0 Å². The van der Waals surface area contributed by atoms with Crippen LogP contribution in [0.15, 0.2) is 12.4 Å². The molecule has 0 atom stereocenters. The second-order valence-electron chi connectivity index (χ2n) is 4.18. The van der Waals surface area contributed by atoms with Gasteiger partial charge in [-0.3, -0.25) is 0 Å². The van der Waals surface area contributed by atoms with Crippen LogP contribution < -0.4 is 10.2 Å². The van der Waals surface area contributed by atoms with E-state index in [0.717, 1.165) is 50.5 Å². The molecule has 96 valence electrons. The molecule has 0 fully saturated rings. The first kappa shape index (κ1) is 13.7. The van der Waals surface area contributed by atoms with Gasteiger partial charge in [-0.1, -0.05) is 20.8 Å². The van der Waals surface area contributed by atoms with Crippen LogP contribution in [0.25, 0.3) is 0 Å². The number of nitrogens with zero attached hydrogens (tertiary/aromatic N) is 3. The predicted molar refractivity (Wildman–Crippen MR) is 73.6 cm³/mol. The number of rotatable bonds is 8. The van der Waals surface area contributed by atoms with Crippen molar-refractivity contribution in [3.8, 4) is 0 Å². The molecule has 0 aliphatic carbocycles. The minimum atomic E-state index is 0.925. The van der Waals surface area contributed by atoms with Gasteiger partial charge in [-0.15, -0.1) is 0 Å². The van der Waals surface area contributed by atoms with E-state index in [1.807, 2.05) is 6.07 Å². The molecule has 4 nitrogen and oxygen atoms in total. The molecule has 1 aromatic heterocycles. The van der Waals surface area contributed by atoms with Gasteiger partial charge in [0, 0.05) is 25.7 Å². The summed E-state index contributed by atoms with van der Waals surface area (Å²) in [7, 11) is 0. The Balaban J connectivity index is 2.72. The van der Waals surface area contributed by atoms with E-state index < -0.39 is 0 Å². The molecule has 1 N–H and O–H groups in total. The molecule has 0 aromatic carbocycles. The zero-order chi connectivity index (χ0) is 12.5. The van der Waals surface area contributed by atoms with Gasteiger partial charge < -0.3 is 10.2 Å². The van der Waals surface area contributed by atoms with Crippen molar-refractivity contribution >= 4 is 11.6 Å². The molecule has 1 heterocycles. The van der Waals surface area contributed by atoms with Crippen LogP contribution in [0.2, 0.25) is 0 Å². The monoisotopic (exact) mass is 236 g/mol. The largest absolute Gasteiger partial charge is 0.370 e. The van der Waals surface area contributed by atoms with Crippen LogP contribution >= 0.6 is 0 Å². The van der Waals surface area contributed by atoms with E-state index in [9.17, 15) is 0 Å². The molecule has 0 unspecified atom stereocenters. The summed E-state index contributed by atoms with van der Waals surface area (Å²) >= 11 is 0. The van der Waals surface area contributed by atoms with Gasteiger partial charge in [0.15, 0.2) is 0 Å². The van der Waals surface area contributed by atoms with Gasteiger partial charge in [0.25, 0.3) is 0 Å². The highest BCUT2D eigenvalue weighted by molar-refractivity contribution is 5.48. The molecule has 0 aliphatic rings. The summed E-state index contributed by atoms with van der Waals surface area (Å²) < 4.78 is 0. The summed E-state index contributed by atoms with van der Waals surface area (Å²) in [5.41, 5.74) is 0. The maximum absolute atomic E-state index is 4.36. The van der Waals surface area contributed by atoms with Gasteiger partial charge >= 0.3 is 0 Å². The second kappa shape index (κ2) is 7.87. The Bertz CT molecular complexity index is 308. The molecular weight excluding hydrogens is 212 g/mol. The third-order valence-corrected chi connectivity index (χ3v) is 2.52. The van der Waals surface area contributed by atoms with Crippen LogP contribution in [0.1, 0.15) is 40.0 Å². The Morgan fingerprint density at radius 3 is 2.35 bits per heavy atom. The Labute approximate surface area is 104 Å². The van der Waals surface area contributed by atoms with Gasteiger partial charge in [-0.05, 0) is 19.3 Å². The lowest BCUT2D eigenvalue weighted by Crippen LogP contribution is -2.26. The van der Waals surface area contributed by atoms with Crippen LogP contribution in [-0.2, 0) is 0 Å². The normalized spacial score (nSPS) is 10.3. The third-order valence-electron chi connectivity index (χ3n) is 2.52. The smallest absolute Gasteiger partial charge is 0.134 e. The Hall–Kier alpha value is -1.32. The average Bonchev–Trinajstić information content (AvgIpc) is 2.36. The van der Waals surface area contributed by atoms with E-state index in [1.165, 1.54) is 0 Å².